The fourth-order valence-corrected chi connectivity index (χ4v) is 2.42. The largest absolute Gasteiger partial charge is 0.492 e. The summed E-state index contributed by atoms with van der Waals surface area (Å²) in [6, 6.07) is 5.71. The molecule has 20 heavy (non-hydrogen) atoms. The zero-order chi connectivity index (χ0) is 15.2. The van der Waals surface area contributed by atoms with Crippen molar-refractivity contribution in [3.05, 3.63) is 27.7 Å². The second kappa shape index (κ2) is 7.73. The lowest BCUT2D eigenvalue weighted by atomic mass is 9.89. The van der Waals surface area contributed by atoms with Crippen LogP contribution in [-0.2, 0) is 6.54 Å². The molecule has 2 N–H and O–H groups in total. The highest BCUT2D eigenvalue weighted by Gasteiger charge is 2.15. The molecule has 1 aromatic carbocycles. The van der Waals surface area contributed by atoms with Crippen molar-refractivity contribution < 1.29 is 4.74 Å². The quantitative estimate of drug-likeness (QED) is 0.751. The number of nitrogens with zero attached hydrogens (tertiary/aromatic N) is 1. The van der Waals surface area contributed by atoms with Gasteiger partial charge in [-0.05, 0) is 45.2 Å². The summed E-state index contributed by atoms with van der Waals surface area (Å²) < 4.78 is 5.71. The monoisotopic (exact) mass is 314 g/mol. The Kier molecular flexibility index (Phi) is 6.61. The maximum Gasteiger partial charge on any atom is 0.142 e. The first-order valence-corrected chi connectivity index (χ1v) is 7.37. The van der Waals surface area contributed by atoms with Crippen LogP contribution in [0.5, 0.6) is 5.75 Å². The molecule has 0 heterocycles. The normalized spacial score (nSPS) is 11.2. The molecule has 0 radical (unpaired) electrons. The number of hydrogen-bond donors (Lipinski definition) is 1. The molecule has 0 atom stereocenters. The van der Waals surface area contributed by atoms with E-state index in [0.29, 0.717) is 28.9 Å². The molecule has 1 aromatic rings. The number of hydrogen-bond acceptors (Lipinski definition) is 3. The van der Waals surface area contributed by atoms with Gasteiger partial charge in [0.2, 0.25) is 0 Å². The number of ether oxygens (including phenoxy) is 1. The summed E-state index contributed by atoms with van der Waals surface area (Å²) in [6.45, 7) is 4.76. The molecule has 0 bridgehead atoms. The van der Waals surface area contributed by atoms with Gasteiger partial charge >= 0.3 is 0 Å². The van der Waals surface area contributed by atoms with Crippen LogP contribution in [0.3, 0.4) is 0 Å². The summed E-state index contributed by atoms with van der Waals surface area (Å²) in [4.78, 5) is 0. The van der Waals surface area contributed by atoms with Crippen molar-refractivity contribution in [2.24, 2.45) is 11.1 Å². The van der Waals surface area contributed by atoms with Crippen molar-refractivity contribution in [3.8, 4) is 11.8 Å². The fourth-order valence-electron chi connectivity index (χ4n) is 1.83. The molecule has 5 heteroatoms. The molecule has 110 valence electrons. The van der Waals surface area contributed by atoms with Crippen LogP contribution < -0.4 is 10.5 Å². The van der Waals surface area contributed by atoms with Crippen LogP contribution in [0, 0.1) is 16.7 Å². The van der Waals surface area contributed by atoms with Gasteiger partial charge in [0.25, 0.3) is 0 Å². The molecule has 0 saturated carbocycles. The third-order valence-corrected chi connectivity index (χ3v) is 3.55. The van der Waals surface area contributed by atoms with Crippen molar-refractivity contribution in [2.45, 2.75) is 39.7 Å². The second-order valence-corrected chi connectivity index (χ2v) is 6.22. The Morgan fingerprint density at radius 3 is 2.60 bits per heavy atom. The van der Waals surface area contributed by atoms with E-state index in [1.807, 2.05) is 13.8 Å². The summed E-state index contributed by atoms with van der Waals surface area (Å²) in [6.07, 6.45) is 2.66. The van der Waals surface area contributed by atoms with Crippen LogP contribution in [-0.4, -0.2) is 6.61 Å². The van der Waals surface area contributed by atoms with Gasteiger partial charge in [0.1, 0.15) is 5.75 Å². The number of rotatable bonds is 7. The summed E-state index contributed by atoms with van der Waals surface area (Å²) >= 11 is 12.0. The molecule has 0 unspecified atom stereocenters. The number of halogens is 2. The van der Waals surface area contributed by atoms with Crippen LogP contribution in [0.1, 0.15) is 38.7 Å². The van der Waals surface area contributed by atoms with E-state index in [9.17, 15) is 0 Å². The van der Waals surface area contributed by atoms with E-state index in [1.165, 1.54) is 0 Å². The molecule has 0 aromatic heterocycles. The smallest absolute Gasteiger partial charge is 0.142 e. The van der Waals surface area contributed by atoms with Gasteiger partial charge in [-0.2, -0.15) is 5.26 Å². The number of unbranched alkanes of at least 4 members (excludes halogenated alkanes) is 1. The predicted octanol–water partition coefficient (Wildman–Crippen LogP) is 4.55. The lowest BCUT2D eigenvalue weighted by Crippen LogP contribution is -2.09. The molecular weight excluding hydrogens is 295 g/mol. The fraction of sp³-hybridized carbons (Fsp3) is 0.533. The zero-order valence-corrected chi connectivity index (χ0v) is 13.4. The lowest BCUT2D eigenvalue weighted by Gasteiger charge is -2.15. The minimum absolute atomic E-state index is 0.277. The van der Waals surface area contributed by atoms with Gasteiger partial charge in [0.15, 0.2) is 0 Å². The van der Waals surface area contributed by atoms with Gasteiger partial charge in [0, 0.05) is 17.1 Å². The van der Waals surface area contributed by atoms with E-state index in [4.69, 9.17) is 38.9 Å². The highest BCUT2D eigenvalue weighted by atomic mass is 35.5. The Balaban J connectivity index is 2.49. The Morgan fingerprint density at radius 1 is 1.30 bits per heavy atom. The molecule has 0 spiro atoms. The summed E-state index contributed by atoms with van der Waals surface area (Å²) in [5, 5.41) is 9.97. The molecular formula is C15H20Cl2N2O. The first-order chi connectivity index (χ1) is 9.39. The highest BCUT2D eigenvalue weighted by molar-refractivity contribution is 6.35. The Labute approximate surface area is 130 Å². The minimum Gasteiger partial charge on any atom is -0.492 e. The van der Waals surface area contributed by atoms with Gasteiger partial charge in [-0.3, -0.25) is 0 Å². The van der Waals surface area contributed by atoms with E-state index < -0.39 is 0 Å². The Bertz CT molecular complexity index is 495. The lowest BCUT2D eigenvalue weighted by molar-refractivity contribution is 0.292. The van der Waals surface area contributed by atoms with Crippen LogP contribution >= 0.6 is 23.2 Å². The van der Waals surface area contributed by atoms with E-state index in [1.54, 1.807) is 12.1 Å². The topological polar surface area (TPSA) is 59.0 Å². The average molecular weight is 315 g/mol. The summed E-state index contributed by atoms with van der Waals surface area (Å²) in [7, 11) is 0. The molecule has 3 nitrogen and oxygen atoms in total. The first-order valence-electron chi connectivity index (χ1n) is 6.61. The van der Waals surface area contributed by atoms with Crippen molar-refractivity contribution in [1.82, 2.24) is 0 Å². The van der Waals surface area contributed by atoms with E-state index in [2.05, 4.69) is 6.07 Å². The van der Waals surface area contributed by atoms with E-state index in [-0.39, 0.29) is 5.41 Å². The van der Waals surface area contributed by atoms with Crippen molar-refractivity contribution in [2.75, 3.05) is 6.61 Å². The van der Waals surface area contributed by atoms with Crippen LogP contribution in [0.25, 0.3) is 0 Å². The Hall–Kier alpha value is -0.950. The zero-order valence-electron chi connectivity index (χ0n) is 11.9. The molecule has 0 fully saturated rings. The number of nitrogens with two attached hydrogens (primary N) is 1. The predicted molar refractivity (Wildman–Crippen MR) is 83.1 cm³/mol. The summed E-state index contributed by atoms with van der Waals surface area (Å²) in [5.41, 5.74) is 6.19. The maximum absolute atomic E-state index is 8.93. The van der Waals surface area contributed by atoms with E-state index in [0.717, 1.165) is 24.8 Å². The third-order valence-electron chi connectivity index (χ3n) is 3.05. The minimum atomic E-state index is -0.277. The van der Waals surface area contributed by atoms with Crippen LogP contribution in [0.4, 0.5) is 0 Å². The van der Waals surface area contributed by atoms with Crippen molar-refractivity contribution in [1.29, 1.82) is 5.26 Å². The highest BCUT2D eigenvalue weighted by Crippen LogP contribution is 2.32. The summed E-state index contributed by atoms with van der Waals surface area (Å²) in [5.74, 6) is 0.609. The van der Waals surface area contributed by atoms with Crippen molar-refractivity contribution >= 4 is 23.2 Å². The third kappa shape index (κ3) is 5.20. The number of benzene rings is 1. The van der Waals surface area contributed by atoms with Gasteiger partial charge < -0.3 is 10.5 Å². The van der Waals surface area contributed by atoms with Gasteiger partial charge in [-0.1, -0.05) is 23.2 Å². The van der Waals surface area contributed by atoms with Crippen molar-refractivity contribution in [3.63, 3.8) is 0 Å². The maximum atomic E-state index is 8.93. The molecule has 0 amide bonds. The van der Waals surface area contributed by atoms with Gasteiger partial charge in [0.05, 0.1) is 23.1 Å². The Morgan fingerprint density at radius 2 is 2.00 bits per heavy atom. The van der Waals surface area contributed by atoms with E-state index >= 15 is 0 Å². The van der Waals surface area contributed by atoms with Crippen LogP contribution in [0.15, 0.2) is 12.1 Å². The van der Waals surface area contributed by atoms with Crippen LogP contribution in [0.2, 0.25) is 10.0 Å². The molecule has 1 rings (SSSR count). The molecule has 0 aliphatic carbocycles. The second-order valence-electron chi connectivity index (χ2n) is 5.38. The standard InChI is InChI=1S/C15H20Cl2N2O/c1-15(2,10-19)5-3-4-6-20-14-11(9-18)7-12(16)8-13(14)17/h7-8H,3-6,9,18H2,1-2H3. The SMILES string of the molecule is CC(C)(C#N)CCCCOc1c(Cl)cc(Cl)cc1CN. The van der Waals surface area contributed by atoms with Gasteiger partial charge in [-0.15, -0.1) is 0 Å². The van der Waals surface area contributed by atoms with Gasteiger partial charge in [-0.25, -0.2) is 0 Å². The molecule has 0 aliphatic rings. The molecule has 0 saturated heterocycles. The first kappa shape index (κ1) is 17.1. The molecule has 0 aliphatic heterocycles. The number of nitriles is 1. The average Bonchev–Trinajstić information content (AvgIpc) is 2.39.